The lowest BCUT2D eigenvalue weighted by Gasteiger charge is -2.50. The molecule has 1 unspecified atom stereocenters. The second kappa shape index (κ2) is 29.6. The van der Waals surface area contributed by atoms with Crippen LogP contribution in [0, 0.1) is 23.7 Å². The second-order valence-corrected chi connectivity index (χ2v) is 24.8. The molecule has 478 valence electrons. The van der Waals surface area contributed by atoms with E-state index in [4.69, 9.17) is 56.9 Å². The minimum atomic E-state index is -1.99. The van der Waals surface area contributed by atoms with E-state index in [0.717, 1.165) is 30.8 Å². The van der Waals surface area contributed by atoms with Gasteiger partial charge in [0, 0.05) is 90.1 Å². The summed E-state index contributed by atoms with van der Waals surface area (Å²) in [4.78, 5) is 24.9. The molecule has 24 heteroatoms. The number of rotatable bonds is 23. The molecule has 0 amide bonds. The lowest BCUT2D eigenvalue weighted by atomic mass is 9.73. The number of aromatic nitrogens is 3. The van der Waals surface area contributed by atoms with Gasteiger partial charge in [0.05, 0.1) is 91.0 Å². The number of halogens is 1. The van der Waals surface area contributed by atoms with E-state index >= 15 is 4.39 Å². The maximum absolute atomic E-state index is 15.1. The third kappa shape index (κ3) is 15.3. The predicted molar refractivity (Wildman–Crippen MR) is 307 cm³/mol. The van der Waals surface area contributed by atoms with Crippen molar-refractivity contribution in [2.24, 2.45) is 28.8 Å². The summed E-state index contributed by atoms with van der Waals surface area (Å²) < 4.78 is 84.7. The van der Waals surface area contributed by atoms with Gasteiger partial charge in [-0.1, -0.05) is 50.2 Å². The van der Waals surface area contributed by atoms with Crippen LogP contribution in [0.25, 0.3) is 0 Å². The highest BCUT2D eigenvalue weighted by Crippen LogP contribution is 2.43. The third-order valence-corrected chi connectivity index (χ3v) is 18.8. The van der Waals surface area contributed by atoms with Crippen LogP contribution in [0.2, 0.25) is 0 Å². The van der Waals surface area contributed by atoms with Crippen molar-refractivity contribution in [3.63, 3.8) is 0 Å². The van der Waals surface area contributed by atoms with Crippen LogP contribution in [0.15, 0.2) is 35.6 Å². The summed E-state index contributed by atoms with van der Waals surface area (Å²) in [6.07, 6.45) is -6.95. The van der Waals surface area contributed by atoms with Gasteiger partial charge in [0.15, 0.2) is 12.6 Å². The fourth-order valence-corrected chi connectivity index (χ4v) is 13.5. The highest BCUT2D eigenvalue weighted by Gasteiger charge is 2.54. The number of carbonyl (C=O) groups excluding carboxylic acids is 1. The third-order valence-electron chi connectivity index (χ3n) is 18.8. The number of likely N-dealkylation sites (N-methyl/N-ethyl adjacent to an activating group) is 1. The predicted octanol–water partition coefficient (Wildman–Crippen LogP) is 4.94. The monoisotopic (exact) mass is 1190 g/mol. The van der Waals surface area contributed by atoms with E-state index in [9.17, 15) is 25.2 Å². The molecule has 0 spiro atoms. The van der Waals surface area contributed by atoms with Gasteiger partial charge in [-0.15, -0.1) is 5.10 Å². The number of anilines is 1. The number of hydrogen-bond acceptors (Lipinski definition) is 22. The van der Waals surface area contributed by atoms with E-state index in [2.05, 4.69) is 32.5 Å². The second-order valence-electron chi connectivity index (χ2n) is 24.8. The number of oxime groups is 1. The number of esters is 1. The Balaban J connectivity index is 1.16. The van der Waals surface area contributed by atoms with Crippen LogP contribution >= 0.6 is 0 Å². The average Bonchev–Trinajstić information content (AvgIpc) is 4.36. The van der Waals surface area contributed by atoms with Gasteiger partial charge in [-0.25, -0.2) is 9.07 Å². The summed E-state index contributed by atoms with van der Waals surface area (Å²) in [5, 5.41) is 61.5. The Morgan fingerprint density at radius 2 is 1.63 bits per heavy atom. The Labute approximate surface area is 495 Å². The molecule has 2 aromatic rings. The van der Waals surface area contributed by atoms with Crippen molar-refractivity contribution in [2.45, 2.75) is 216 Å². The summed E-state index contributed by atoms with van der Waals surface area (Å²) in [6, 6.07) is 7.15. The summed E-state index contributed by atoms with van der Waals surface area (Å²) >= 11 is 0. The zero-order valence-corrected chi connectivity index (χ0v) is 52.2. The molecule has 0 aliphatic carbocycles. The number of fused-ring (bicyclic) bond motifs is 2. The Morgan fingerprint density at radius 3 is 2.25 bits per heavy atom. The molecule has 84 heavy (non-hydrogen) atoms. The van der Waals surface area contributed by atoms with Crippen molar-refractivity contribution >= 4 is 17.4 Å². The first-order valence-corrected chi connectivity index (χ1v) is 30.0. The van der Waals surface area contributed by atoms with Crippen LogP contribution in [-0.4, -0.2) is 230 Å². The summed E-state index contributed by atoms with van der Waals surface area (Å²) in [7, 11) is 8.07. The van der Waals surface area contributed by atoms with E-state index < -0.39 is 133 Å². The molecule has 5 aliphatic heterocycles. The summed E-state index contributed by atoms with van der Waals surface area (Å²) in [6.45, 7) is 19.1. The van der Waals surface area contributed by atoms with Crippen molar-refractivity contribution in [3.8, 4) is 0 Å². The number of benzene rings is 1. The summed E-state index contributed by atoms with van der Waals surface area (Å²) in [5.74, 6) is -4.06. The maximum atomic E-state index is 15.1. The molecule has 0 saturated carbocycles. The van der Waals surface area contributed by atoms with E-state index in [1.807, 2.05) is 51.8 Å². The number of alkyl halides is 1. The molecule has 5 fully saturated rings. The van der Waals surface area contributed by atoms with Gasteiger partial charge in [0.2, 0.25) is 6.79 Å². The lowest BCUT2D eigenvalue weighted by molar-refractivity contribution is -0.319. The normalized spacial score (nSPS) is 39.3. The zero-order chi connectivity index (χ0) is 61.4. The zero-order valence-electron chi connectivity index (χ0n) is 52.2. The highest BCUT2D eigenvalue weighted by atomic mass is 19.1. The SMILES string of the molecule is CC[C@H]1OC(=O)[C@H](C)[C@@H](O[C@H]2C[C@@](C)(OC)[C@@H](O)[C@H](C)O2)[C@H](C)[C@@H](O[C@@H]2O[C@H](C)C[C@H](N(C)CCc3cn([C@H](CF)[C@H](OC)c4ccc(N5CC6C[C@H]5CO6)cc4)nn3)[C@H]2O)[C@](C)(OC)C[C@@H](C)/C(=N\OCOCCOC)[C@H](C)[C@@H](O)[C@]1(C)O. The van der Waals surface area contributed by atoms with Crippen LogP contribution in [0.3, 0.4) is 0 Å². The Kier molecular flexibility index (Phi) is 24.0. The number of ether oxygens (including phenoxy) is 11. The number of nitrogens with zero attached hydrogens (tertiary/aromatic N) is 6. The first-order valence-electron chi connectivity index (χ1n) is 30.0. The molecule has 23 nitrogen and oxygen atoms in total. The van der Waals surface area contributed by atoms with E-state index in [1.54, 1.807) is 62.1 Å². The Hall–Kier alpha value is -3.57. The van der Waals surface area contributed by atoms with Crippen molar-refractivity contribution in [1.82, 2.24) is 19.9 Å². The number of carbonyl (C=O) groups is 1. The van der Waals surface area contributed by atoms with Crippen molar-refractivity contribution in [1.29, 1.82) is 0 Å². The fourth-order valence-electron chi connectivity index (χ4n) is 13.5. The van der Waals surface area contributed by atoms with Gasteiger partial charge in [-0.3, -0.25) is 4.79 Å². The van der Waals surface area contributed by atoms with Gasteiger partial charge in [0.1, 0.15) is 42.7 Å². The number of cyclic esters (lactones) is 1. The standard InChI is InChI=1S/C60H99FN6O17/c1-16-47-60(10,72)53(69)36(4)49(63-79-33-77-24-23-73-12)34(2)27-59(9,76-15)55(37(5)51(38(6)56(71)82-47)83-48-28-58(8,75-14)54(70)39(7)81-48)84-57-50(68)45(25-35(3)80-57)65(11)22-21-41-30-67(64-62-41)46(29-61)52(74-13)40-17-19-42(20-18-40)66-31-44-26-43(66)32-78-44/h17-20,30,34-39,43-48,50-55,57,68-70,72H,16,21-29,31-33H2,1-15H3/b63-49+/t34-,35-,36+,37+,38-,39+,43+,44?,45+,46-,47-,48+,50-,51+,52-,53-,54+,55-,57+,58-,59-,60-/m1/s1. The number of hydrogen-bond donors (Lipinski definition) is 4. The molecule has 7 rings (SSSR count). The van der Waals surface area contributed by atoms with E-state index in [-0.39, 0.29) is 38.8 Å². The van der Waals surface area contributed by atoms with Gasteiger partial charge in [-0.05, 0) is 92.0 Å². The molecule has 5 aliphatic rings. The van der Waals surface area contributed by atoms with Crippen LogP contribution in [0.4, 0.5) is 10.1 Å². The quantitative estimate of drug-likeness (QED) is 0.0497. The molecule has 6 heterocycles. The van der Waals surface area contributed by atoms with E-state index in [0.29, 0.717) is 43.4 Å². The van der Waals surface area contributed by atoms with Crippen molar-refractivity contribution < 1.29 is 86.6 Å². The first kappa shape index (κ1) is 67.9. The van der Waals surface area contributed by atoms with Crippen LogP contribution in [-0.2, 0) is 68.2 Å². The fraction of sp³-hybridized carbons (Fsp3) is 0.833. The average molecular weight is 1200 g/mol. The maximum Gasteiger partial charge on any atom is 0.311 e. The highest BCUT2D eigenvalue weighted by molar-refractivity contribution is 5.88. The minimum Gasteiger partial charge on any atom is -0.459 e. The molecular weight excluding hydrogens is 1100 g/mol. The molecule has 22 atom stereocenters. The molecule has 1 aromatic heterocycles. The lowest BCUT2D eigenvalue weighted by Crippen LogP contribution is -2.61. The smallest absolute Gasteiger partial charge is 0.311 e. The molecule has 5 saturated heterocycles. The first-order chi connectivity index (χ1) is 39.9. The molecule has 1 aromatic carbocycles. The van der Waals surface area contributed by atoms with Gasteiger partial charge >= 0.3 is 5.97 Å². The van der Waals surface area contributed by atoms with Crippen LogP contribution in [0.5, 0.6) is 0 Å². The van der Waals surface area contributed by atoms with Crippen molar-refractivity contribution in [3.05, 3.63) is 41.7 Å². The number of aliphatic hydroxyl groups excluding tert-OH is 3. The van der Waals surface area contributed by atoms with Gasteiger partial charge in [-0.2, -0.15) is 0 Å². The Bertz CT molecular complexity index is 2390. The minimum absolute atomic E-state index is 0.0802. The van der Waals surface area contributed by atoms with Crippen LogP contribution in [0.1, 0.15) is 125 Å². The van der Waals surface area contributed by atoms with Crippen molar-refractivity contribution in [2.75, 3.05) is 86.8 Å². The number of morpholine rings is 1. The van der Waals surface area contributed by atoms with E-state index in [1.165, 1.54) is 18.7 Å². The Morgan fingerprint density at radius 1 is 0.917 bits per heavy atom. The molecule has 2 bridgehead atoms. The molecule has 0 radical (unpaired) electrons. The largest absolute Gasteiger partial charge is 0.459 e. The summed E-state index contributed by atoms with van der Waals surface area (Å²) in [5.41, 5.74) is -1.52. The van der Waals surface area contributed by atoms with Crippen LogP contribution < -0.4 is 4.90 Å². The molecular formula is C60H99FN6O17. The van der Waals surface area contributed by atoms with Gasteiger partial charge in [0.25, 0.3) is 0 Å². The topological polar surface area (TPSA) is 258 Å². The number of aliphatic hydroxyl groups is 4. The molecule has 4 N–H and O–H groups in total. The van der Waals surface area contributed by atoms with Gasteiger partial charge < -0.3 is 87.2 Å². The number of methoxy groups -OCH3 is 4.